The third-order valence-corrected chi connectivity index (χ3v) is 4.39. The van der Waals surface area contributed by atoms with Gasteiger partial charge in [0.1, 0.15) is 5.75 Å². The first-order chi connectivity index (χ1) is 14.0. The molecule has 0 spiro atoms. The molecule has 0 bridgehead atoms. The zero-order chi connectivity index (χ0) is 20.6. The minimum Gasteiger partial charge on any atom is -0.483 e. The first-order valence-electron chi connectivity index (χ1n) is 9.43. The Hall–Kier alpha value is -3.60. The number of amides is 2. The van der Waals surface area contributed by atoms with E-state index in [1.165, 1.54) is 0 Å². The minimum atomic E-state index is -0.285. The van der Waals surface area contributed by atoms with Crippen molar-refractivity contribution in [2.75, 3.05) is 11.9 Å². The summed E-state index contributed by atoms with van der Waals surface area (Å²) in [5.74, 6) is 0.197. The molecule has 0 aliphatic heterocycles. The van der Waals surface area contributed by atoms with E-state index in [2.05, 4.69) is 10.6 Å². The molecule has 0 saturated carbocycles. The van der Waals surface area contributed by atoms with Gasteiger partial charge >= 0.3 is 0 Å². The highest BCUT2D eigenvalue weighted by atomic mass is 16.5. The molecule has 0 radical (unpaired) electrons. The molecule has 3 aromatic rings. The second-order valence-corrected chi connectivity index (χ2v) is 6.85. The molecule has 29 heavy (non-hydrogen) atoms. The van der Waals surface area contributed by atoms with Crippen LogP contribution in [0.5, 0.6) is 5.75 Å². The third-order valence-electron chi connectivity index (χ3n) is 4.39. The zero-order valence-corrected chi connectivity index (χ0v) is 16.6. The largest absolute Gasteiger partial charge is 0.483 e. The summed E-state index contributed by atoms with van der Waals surface area (Å²) in [5, 5.41) is 5.64. The number of benzene rings is 3. The fourth-order valence-electron chi connectivity index (χ4n) is 2.92. The fraction of sp³-hybridized carbons (Fsp3) is 0.167. The highest BCUT2D eigenvalue weighted by molar-refractivity contribution is 5.97. The molecular weight excluding hydrogens is 364 g/mol. The van der Waals surface area contributed by atoms with Crippen LogP contribution in [0, 0.1) is 13.8 Å². The van der Waals surface area contributed by atoms with Crippen LogP contribution in [-0.4, -0.2) is 18.4 Å². The number of rotatable bonds is 7. The van der Waals surface area contributed by atoms with Gasteiger partial charge in [-0.25, -0.2) is 0 Å². The number of anilines is 1. The van der Waals surface area contributed by atoms with Gasteiger partial charge in [0.15, 0.2) is 6.61 Å². The van der Waals surface area contributed by atoms with Crippen molar-refractivity contribution in [2.45, 2.75) is 20.4 Å². The summed E-state index contributed by atoms with van der Waals surface area (Å²) in [4.78, 5) is 24.6. The van der Waals surface area contributed by atoms with Crippen LogP contribution in [0.15, 0.2) is 72.8 Å². The van der Waals surface area contributed by atoms with Gasteiger partial charge in [0.25, 0.3) is 11.8 Å². The minimum absolute atomic E-state index is 0.103. The summed E-state index contributed by atoms with van der Waals surface area (Å²) < 4.78 is 5.60. The van der Waals surface area contributed by atoms with Gasteiger partial charge in [-0.15, -0.1) is 0 Å². The maximum Gasteiger partial charge on any atom is 0.262 e. The molecule has 2 N–H and O–H groups in total. The Labute approximate surface area is 170 Å². The normalized spacial score (nSPS) is 10.3. The second-order valence-electron chi connectivity index (χ2n) is 6.85. The van der Waals surface area contributed by atoms with E-state index in [-0.39, 0.29) is 18.4 Å². The first kappa shape index (κ1) is 20.1. The number of ether oxygens (including phenoxy) is 1. The van der Waals surface area contributed by atoms with E-state index >= 15 is 0 Å². The SMILES string of the molecule is Cc1ccc(OCC(=O)Nc2cccc(C(=O)NCc3ccccc3)c2)c(C)c1. The van der Waals surface area contributed by atoms with E-state index in [1.807, 2.05) is 62.4 Å². The summed E-state index contributed by atoms with van der Waals surface area (Å²) in [7, 11) is 0. The quantitative estimate of drug-likeness (QED) is 0.636. The number of hydrogen-bond acceptors (Lipinski definition) is 3. The summed E-state index contributed by atoms with van der Waals surface area (Å²) in [6, 6.07) is 22.3. The Balaban J connectivity index is 1.54. The molecule has 2 amide bonds. The highest BCUT2D eigenvalue weighted by Gasteiger charge is 2.09. The van der Waals surface area contributed by atoms with Crippen LogP contribution in [0.4, 0.5) is 5.69 Å². The molecule has 3 rings (SSSR count). The van der Waals surface area contributed by atoms with E-state index in [0.717, 1.165) is 16.7 Å². The van der Waals surface area contributed by atoms with Gasteiger partial charge in [-0.3, -0.25) is 9.59 Å². The van der Waals surface area contributed by atoms with Crippen molar-refractivity contribution < 1.29 is 14.3 Å². The average molecular weight is 388 g/mol. The van der Waals surface area contributed by atoms with Gasteiger partial charge in [-0.2, -0.15) is 0 Å². The van der Waals surface area contributed by atoms with Crippen LogP contribution >= 0.6 is 0 Å². The van der Waals surface area contributed by atoms with Crippen LogP contribution in [0.3, 0.4) is 0 Å². The molecule has 0 fully saturated rings. The van der Waals surface area contributed by atoms with E-state index in [1.54, 1.807) is 24.3 Å². The molecule has 5 heteroatoms. The van der Waals surface area contributed by atoms with E-state index in [9.17, 15) is 9.59 Å². The first-order valence-corrected chi connectivity index (χ1v) is 9.43. The summed E-state index contributed by atoms with van der Waals surface area (Å²) in [6.45, 7) is 4.29. The predicted octanol–water partition coefficient (Wildman–Crippen LogP) is 4.25. The Morgan fingerprint density at radius 1 is 0.897 bits per heavy atom. The number of carbonyl (C=O) groups excluding carboxylic acids is 2. The van der Waals surface area contributed by atoms with Gasteiger partial charge in [0.05, 0.1) is 0 Å². The van der Waals surface area contributed by atoms with Crippen LogP contribution in [0.25, 0.3) is 0 Å². The molecule has 0 aliphatic rings. The lowest BCUT2D eigenvalue weighted by Crippen LogP contribution is -2.23. The Kier molecular flexibility index (Phi) is 6.63. The maximum atomic E-state index is 12.4. The predicted molar refractivity (Wildman–Crippen MR) is 114 cm³/mol. The molecule has 3 aromatic carbocycles. The van der Waals surface area contributed by atoms with Crippen molar-refractivity contribution in [3.8, 4) is 5.75 Å². The molecule has 0 heterocycles. The van der Waals surface area contributed by atoms with Gasteiger partial charge in [0.2, 0.25) is 0 Å². The molecule has 0 atom stereocenters. The van der Waals surface area contributed by atoms with E-state index < -0.39 is 0 Å². The van der Waals surface area contributed by atoms with E-state index in [4.69, 9.17) is 4.74 Å². The number of aryl methyl sites for hydroxylation is 2. The smallest absolute Gasteiger partial charge is 0.262 e. The lowest BCUT2D eigenvalue weighted by atomic mass is 10.1. The number of hydrogen-bond donors (Lipinski definition) is 2. The van der Waals surface area contributed by atoms with E-state index in [0.29, 0.717) is 23.5 Å². The molecule has 148 valence electrons. The standard InChI is InChI=1S/C24H24N2O3/c1-17-11-12-22(18(2)13-17)29-16-23(27)26-21-10-6-9-20(14-21)24(28)25-15-19-7-4-3-5-8-19/h3-14H,15-16H2,1-2H3,(H,25,28)(H,26,27). The van der Waals surface area contributed by atoms with Gasteiger partial charge in [-0.1, -0.05) is 54.1 Å². The summed E-state index contributed by atoms with van der Waals surface area (Å²) >= 11 is 0. The van der Waals surface area contributed by atoms with Crippen molar-refractivity contribution >= 4 is 17.5 Å². The second kappa shape index (κ2) is 9.55. The van der Waals surface area contributed by atoms with Gasteiger partial charge in [0, 0.05) is 17.8 Å². The Morgan fingerprint density at radius 3 is 2.45 bits per heavy atom. The Bertz CT molecular complexity index is 1000. The highest BCUT2D eigenvalue weighted by Crippen LogP contribution is 2.18. The lowest BCUT2D eigenvalue weighted by molar-refractivity contribution is -0.118. The topological polar surface area (TPSA) is 67.4 Å². The average Bonchev–Trinajstić information content (AvgIpc) is 2.72. The molecule has 0 unspecified atom stereocenters. The maximum absolute atomic E-state index is 12.4. The molecule has 0 aliphatic carbocycles. The molecule has 0 saturated heterocycles. The van der Waals surface area contributed by atoms with Crippen molar-refractivity contribution in [3.05, 3.63) is 95.1 Å². The van der Waals surface area contributed by atoms with Crippen molar-refractivity contribution in [2.24, 2.45) is 0 Å². The van der Waals surface area contributed by atoms with Crippen LogP contribution in [0.1, 0.15) is 27.0 Å². The van der Waals surface area contributed by atoms with Crippen LogP contribution in [0.2, 0.25) is 0 Å². The number of nitrogens with one attached hydrogen (secondary N) is 2. The summed E-state index contributed by atoms with van der Waals surface area (Å²) in [5.41, 5.74) is 4.17. The zero-order valence-electron chi connectivity index (χ0n) is 16.6. The van der Waals surface area contributed by atoms with Gasteiger partial charge in [-0.05, 0) is 49.2 Å². The third kappa shape index (κ3) is 5.94. The van der Waals surface area contributed by atoms with Crippen LogP contribution in [-0.2, 0) is 11.3 Å². The van der Waals surface area contributed by atoms with Crippen LogP contribution < -0.4 is 15.4 Å². The van der Waals surface area contributed by atoms with Gasteiger partial charge < -0.3 is 15.4 Å². The van der Waals surface area contributed by atoms with Crippen molar-refractivity contribution in [1.29, 1.82) is 0 Å². The van der Waals surface area contributed by atoms with Crippen molar-refractivity contribution in [3.63, 3.8) is 0 Å². The lowest BCUT2D eigenvalue weighted by Gasteiger charge is -2.11. The Morgan fingerprint density at radius 2 is 1.69 bits per heavy atom. The summed E-state index contributed by atoms with van der Waals surface area (Å²) in [6.07, 6.45) is 0. The fourth-order valence-corrected chi connectivity index (χ4v) is 2.92. The monoisotopic (exact) mass is 388 g/mol. The number of carbonyl (C=O) groups is 2. The molecular formula is C24H24N2O3. The molecule has 0 aromatic heterocycles. The molecule has 5 nitrogen and oxygen atoms in total. The van der Waals surface area contributed by atoms with Crippen molar-refractivity contribution in [1.82, 2.24) is 5.32 Å².